The van der Waals surface area contributed by atoms with Gasteiger partial charge in [-0.15, -0.1) is 0 Å². The zero-order chi connectivity index (χ0) is 36.4. The van der Waals surface area contributed by atoms with E-state index in [0.717, 1.165) is 77.6 Å². The first-order valence-electron chi connectivity index (χ1n) is 18.6. The van der Waals surface area contributed by atoms with Crippen LogP contribution < -0.4 is 5.56 Å². The highest BCUT2D eigenvalue weighted by atomic mass is 16.1. The standard InChI is InChI=1S/C52H37NO/c1-52(2)47-28-16-14-25-40(47)45-32-37(34-18-6-3-7-19-34)30-43(36-22-10-5-11-23-36)49(45)53-50-44(39-24-12-13-27-42(39)51(53)54)31-38(35-20-8-4-9-21-35)33-46(50)41-26-15-17-29-48(41)52/h3-33H,1-2H3. The molecule has 9 aromatic rings. The Morgan fingerprint density at radius 2 is 0.815 bits per heavy atom. The van der Waals surface area contributed by atoms with E-state index in [9.17, 15) is 0 Å². The van der Waals surface area contributed by atoms with E-state index >= 15 is 4.79 Å². The molecule has 0 atom stereocenters. The second kappa shape index (κ2) is 12.4. The zero-order valence-electron chi connectivity index (χ0n) is 30.3. The SMILES string of the molecule is CC1(C)c2ccccc2-c2cc(-c3ccccc3)cc(-c3ccccc3)c2-n2c(=O)c3ccccc3c3cc(-c4ccccc4)cc(c32)-c2ccccc21. The van der Waals surface area contributed by atoms with Crippen molar-refractivity contribution in [3.63, 3.8) is 0 Å². The lowest BCUT2D eigenvalue weighted by Crippen LogP contribution is -2.25. The molecule has 1 aromatic heterocycles. The first-order chi connectivity index (χ1) is 26.5. The Morgan fingerprint density at radius 1 is 0.370 bits per heavy atom. The van der Waals surface area contributed by atoms with E-state index in [1.807, 2.05) is 18.2 Å². The fourth-order valence-corrected chi connectivity index (χ4v) is 8.81. The van der Waals surface area contributed by atoms with E-state index < -0.39 is 5.41 Å². The molecule has 54 heavy (non-hydrogen) atoms. The average Bonchev–Trinajstić information content (AvgIpc) is 3.24. The molecular formula is C52H37NO. The van der Waals surface area contributed by atoms with Crippen LogP contribution in [-0.2, 0) is 5.41 Å². The number of nitrogens with zero attached hydrogens (tertiary/aromatic N) is 1. The second-order valence-electron chi connectivity index (χ2n) is 14.8. The van der Waals surface area contributed by atoms with Gasteiger partial charge in [0.25, 0.3) is 5.56 Å². The molecule has 0 spiro atoms. The Bertz CT molecular complexity index is 2960. The van der Waals surface area contributed by atoms with E-state index in [0.29, 0.717) is 5.39 Å². The minimum atomic E-state index is -0.408. The highest BCUT2D eigenvalue weighted by Crippen LogP contribution is 2.50. The van der Waals surface area contributed by atoms with Crippen molar-refractivity contribution in [2.75, 3.05) is 0 Å². The predicted molar refractivity (Wildman–Crippen MR) is 226 cm³/mol. The van der Waals surface area contributed by atoms with Gasteiger partial charge in [0, 0.05) is 32.9 Å². The Labute approximate surface area is 315 Å². The summed E-state index contributed by atoms with van der Waals surface area (Å²) in [5.41, 5.74) is 14.6. The molecule has 2 heteroatoms. The largest absolute Gasteiger partial charge is 0.274 e. The van der Waals surface area contributed by atoms with Gasteiger partial charge in [0.15, 0.2) is 0 Å². The number of hydrogen-bond donors (Lipinski definition) is 0. The lowest BCUT2D eigenvalue weighted by atomic mass is 9.71. The fraction of sp³-hybridized carbons (Fsp3) is 0.0577. The number of benzene rings is 8. The number of pyridine rings is 1. The predicted octanol–water partition coefficient (Wildman–Crippen LogP) is 13.1. The normalized spacial score (nSPS) is 12.9. The lowest BCUT2D eigenvalue weighted by Gasteiger charge is -2.34. The van der Waals surface area contributed by atoms with Crippen LogP contribution in [0.25, 0.3) is 83.0 Å². The van der Waals surface area contributed by atoms with Gasteiger partial charge in [-0.3, -0.25) is 9.36 Å². The molecule has 1 aliphatic rings. The number of hydrogen-bond acceptors (Lipinski definition) is 1. The summed E-state index contributed by atoms with van der Waals surface area (Å²) in [7, 11) is 0. The van der Waals surface area contributed by atoms with Gasteiger partial charge in [-0.05, 0) is 85.8 Å². The van der Waals surface area contributed by atoms with Gasteiger partial charge in [0.2, 0.25) is 0 Å². The molecule has 0 fully saturated rings. The van der Waals surface area contributed by atoms with Crippen LogP contribution in [0.5, 0.6) is 0 Å². The molecule has 0 radical (unpaired) electrons. The minimum absolute atomic E-state index is 0.0347. The quantitative estimate of drug-likeness (QED) is 0.169. The monoisotopic (exact) mass is 691 g/mol. The van der Waals surface area contributed by atoms with Crippen LogP contribution in [-0.4, -0.2) is 4.57 Å². The smallest absolute Gasteiger partial charge is 0.263 e. The summed E-state index contributed by atoms with van der Waals surface area (Å²) in [6, 6.07) is 66.6. The van der Waals surface area contributed by atoms with E-state index in [1.54, 1.807) is 0 Å². The van der Waals surface area contributed by atoms with Crippen LogP contribution in [0, 0.1) is 0 Å². The Morgan fingerprint density at radius 3 is 1.43 bits per heavy atom. The number of rotatable bonds is 3. The summed E-state index contributed by atoms with van der Waals surface area (Å²) < 4.78 is 2.06. The summed E-state index contributed by atoms with van der Waals surface area (Å²) in [5.74, 6) is 0. The van der Waals surface area contributed by atoms with Crippen molar-refractivity contribution in [2.45, 2.75) is 19.3 Å². The van der Waals surface area contributed by atoms with Crippen molar-refractivity contribution in [2.24, 2.45) is 0 Å². The molecule has 0 unspecified atom stereocenters. The van der Waals surface area contributed by atoms with Crippen molar-refractivity contribution in [1.82, 2.24) is 4.57 Å². The molecule has 2 nitrogen and oxygen atoms in total. The van der Waals surface area contributed by atoms with Crippen molar-refractivity contribution >= 4 is 21.7 Å². The van der Waals surface area contributed by atoms with Crippen molar-refractivity contribution in [1.29, 1.82) is 0 Å². The van der Waals surface area contributed by atoms with Crippen LogP contribution >= 0.6 is 0 Å². The number of fused-ring (bicyclic) bond motifs is 8. The van der Waals surface area contributed by atoms with Crippen molar-refractivity contribution in [3.05, 3.63) is 210 Å². The van der Waals surface area contributed by atoms with Crippen LogP contribution in [0.3, 0.4) is 0 Å². The number of aromatic nitrogens is 1. The van der Waals surface area contributed by atoms with Crippen molar-refractivity contribution in [3.8, 4) is 61.3 Å². The summed E-state index contributed by atoms with van der Waals surface area (Å²) in [4.78, 5) is 15.6. The van der Waals surface area contributed by atoms with Gasteiger partial charge in [-0.1, -0.05) is 172 Å². The Balaban J connectivity index is 1.51. The average molecular weight is 692 g/mol. The molecular weight excluding hydrogens is 655 g/mol. The molecule has 0 aliphatic carbocycles. The molecule has 1 aliphatic heterocycles. The highest BCUT2D eigenvalue weighted by Gasteiger charge is 2.33. The van der Waals surface area contributed by atoms with E-state index in [1.165, 1.54) is 11.1 Å². The summed E-state index contributed by atoms with van der Waals surface area (Å²) in [6.45, 7) is 4.69. The summed E-state index contributed by atoms with van der Waals surface area (Å²) in [6.07, 6.45) is 0. The van der Waals surface area contributed by atoms with E-state index in [2.05, 4.69) is 188 Å². The molecule has 0 saturated carbocycles. The van der Waals surface area contributed by atoms with Gasteiger partial charge in [-0.2, -0.15) is 0 Å². The van der Waals surface area contributed by atoms with Crippen LogP contribution in [0.1, 0.15) is 25.0 Å². The van der Waals surface area contributed by atoms with Gasteiger partial charge >= 0.3 is 0 Å². The maximum absolute atomic E-state index is 15.6. The second-order valence-corrected chi connectivity index (χ2v) is 14.8. The molecule has 0 N–H and O–H groups in total. The summed E-state index contributed by atoms with van der Waals surface area (Å²) >= 11 is 0. The maximum atomic E-state index is 15.6. The molecule has 8 aromatic carbocycles. The van der Waals surface area contributed by atoms with Crippen molar-refractivity contribution < 1.29 is 0 Å². The molecule has 0 saturated heterocycles. The highest BCUT2D eigenvalue weighted by molar-refractivity contribution is 6.13. The molecule has 10 rings (SSSR count). The van der Waals surface area contributed by atoms with Crippen LogP contribution in [0.2, 0.25) is 0 Å². The minimum Gasteiger partial charge on any atom is -0.274 e. The topological polar surface area (TPSA) is 22.0 Å². The third kappa shape index (κ3) is 4.91. The summed E-state index contributed by atoms with van der Waals surface area (Å²) in [5, 5.41) is 2.68. The first kappa shape index (κ1) is 31.9. The Hall–Kier alpha value is -6.77. The molecule has 256 valence electrons. The lowest BCUT2D eigenvalue weighted by molar-refractivity contribution is 0.644. The van der Waals surface area contributed by atoms with Crippen LogP contribution in [0.15, 0.2) is 193 Å². The molecule has 2 heterocycles. The van der Waals surface area contributed by atoms with Gasteiger partial charge in [0.05, 0.1) is 11.2 Å². The molecule has 0 bridgehead atoms. The first-order valence-corrected chi connectivity index (χ1v) is 18.6. The third-order valence-corrected chi connectivity index (χ3v) is 11.4. The fourth-order valence-electron chi connectivity index (χ4n) is 8.81. The molecule has 0 amide bonds. The Kier molecular flexibility index (Phi) is 7.35. The van der Waals surface area contributed by atoms with Gasteiger partial charge < -0.3 is 0 Å². The van der Waals surface area contributed by atoms with Crippen LogP contribution in [0.4, 0.5) is 0 Å². The third-order valence-electron chi connectivity index (χ3n) is 11.4. The van der Waals surface area contributed by atoms with E-state index in [-0.39, 0.29) is 5.56 Å². The van der Waals surface area contributed by atoms with E-state index in [4.69, 9.17) is 0 Å². The maximum Gasteiger partial charge on any atom is 0.263 e. The van der Waals surface area contributed by atoms with Gasteiger partial charge in [-0.25, -0.2) is 0 Å². The van der Waals surface area contributed by atoms with Gasteiger partial charge in [0.1, 0.15) is 0 Å². The zero-order valence-corrected chi connectivity index (χ0v) is 30.3.